The molecule has 3 N–H and O–H groups in total. The SMILES string of the molecule is CCc1n[nH]c(=O)c(CNC(=O)c2ccc(C(=O)O)o2)c1CC. The predicted octanol–water partition coefficient (Wildman–Crippen LogP) is 1.12. The highest BCUT2D eigenvalue weighted by atomic mass is 16.4. The standard InChI is InChI=1S/C15H17N3O5/c1-3-8-9(13(19)18-17-10(8)4-2)7-16-14(20)11-5-6-12(23-11)15(21)22/h5-6H,3-4,7H2,1-2H3,(H,16,20)(H,18,19)(H,21,22). The fourth-order valence-corrected chi connectivity index (χ4v) is 2.29. The van der Waals surface area contributed by atoms with E-state index in [2.05, 4.69) is 15.5 Å². The monoisotopic (exact) mass is 319 g/mol. The van der Waals surface area contributed by atoms with Crippen LogP contribution in [0.1, 0.15) is 51.8 Å². The van der Waals surface area contributed by atoms with Gasteiger partial charge in [-0.05, 0) is 30.5 Å². The van der Waals surface area contributed by atoms with E-state index >= 15 is 0 Å². The van der Waals surface area contributed by atoms with Gasteiger partial charge in [-0.15, -0.1) is 0 Å². The fourth-order valence-electron chi connectivity index (χ4n) is 2.29. The van der Waals surface area contributed by atoms with Crippen molar-refractivity contribution in [3.05, 3.63) is 50.8 Å². The zero-order valence-electron chi connectivity index (χ0n) is 12.8. The fraction of sp³-hybridized carbons (Fsp3) is 0.333. The van der Waals surface area contributed by atoms with Crippen LogP contribution in [0, 0.1) is 0 Å². The summed E-state index contributed by atoms with van der Waals surface area (Å²) in [5, 5.41) is 17.8. The van der Waals surface area contributed by atoms with Gasteiger partial charge in [-0.25, -0.2) is 9.89 Å². The third kappa shape index (κ3) is 3.47. The lowest BCUT2D eigenvalue weighted by atomic mass is 10.0. The molecule has 0 bridgehead atoms. The topological polar surface area (TPSA) is 125 Å². The predicted molar refractivity (Wildman–Crippen MR) is 80.5 cm³/mol. The lowest BCUT2D eigenvalue weighted by Crippen LogP contribution is -2.29. The Morgan fingerprint density at radius 2 is 1.91 bits per heavy atom. The van der Waals surface area contributed by atoms with E-state index < -0.39 is 11.9 Å². The Morgan fingerprint density at radius 1 is 1.22 bits per heavy atom. The van der Waals surface area contributed by atoms with Gasteiger partial charge in [0, 0.05) is 12.1 Å². The third-order valence-corrected chi connectivity index (χ3v) is 3.43. The molecule has 2 aromatic rings. The summed E-state index contributed by atoms with van der Waals surface area (Å²) < 4.78 is 4.92. The lowest BCUT2D eigenvalue weighted by molar-refractivity contribution is 0.0659. The number of carbonyl (C=O) groups excluding carboxylic acids is 1. The normalized spacial score (nSPS) is 10.5. The van der Waals surface area contributed by atoms with E-state index in [9.17, 15) is 14.4 Å². The zero-order valence-corrected chi connectivity index (χ0v) is 12.8. The molecule has 0 aromatic carbocycles. The van der Waals surface area contributed by atoms with E-state index in [1.807, 2.05) is 13.8 Å². The molecule has 2 heterocycles. The number of nitrogens with one attached hydrogen (secondary N) is 2. The van der Waals surface area contributed by atoms with E-state index in [1.54, 1.807) is 0 Å². The van der Waals surface area contributed by atoms with Crippen LogP contribution in [0.4, 0.5) is 0 Å². The van der Waals surface area contributed by atoms with Gasteiger partial charge in [0.15, 0.2) is 5.76 Å². The molecule has 23 heavy (non-hydrogen) atoms. The number of hydrogen-bond donors (Lipinski definition) is 3. The molecule has 0 atom stereocenters. The molecule has 2 rings (SSSR count). The summed E-state index contributed by atoms with van der Waals surface area (Å²) in [7, 11) is 0. The Morgan fingerprint density at radius 3 is 2.48 bits per heavy atom. The minimum absolute atomic E-state index is 0.00989. The van der Waals surface area contributed by atoms with Crippen molar-refractivity contribution in [2.45, 2.75) is 33.2 Å². The molecule has 8 heteroatoms. The molecule has 0 saturated heterocycles. The highest BCUT2D eigenvalue weighted by Gasteiger charge is 2.17. The van der Waals surface area contributed by atoms with Gasteiger partial charge in [-0.2, -0.15) is 5.10 Å². The van der Waals surface area contributed by atoms with Crippen molar-refractivity contribution in [1.82, 2.24) is 15.5 Å². The molecule has 0 spiro atoms. The summed E-state index contributed by atoms with van der Waals surface area (Å²) in [5.41, 5.74) is 1.67. The molecule has 0 unspecified atom stereocenters. The number of amides is 1. The number of carboxylic acid groups (broad SMARTS) is 1. The van der Waals surface area contributed by atoms with Gasteiger partial charge < -0.3 is 14.8 Å². The van der Waals surface area contributed by atoms with Crippen LogP contribution in [0.25, 0.3) is 0 Å². The van der Waals surface area contributed by atoms with Crippen molar-refractivity contribution >= 4 is 11.9 Å². The molecule has 0 aliphatic rings. The maximum Gasteiger partial charge on any atom is 0.371 e. The van der Waals surface area contributed by atoms with Crippen LogP contribution >= 0.6 is 0 Å². The molecule has 0 saturated carbocycles. The number of aryl methyl sites for hydroxylation is 1. The zero-order chi connectivity index (χ0) is 17.0. The van der Waals surface area contributed by atoms with Crippen LogP contribution in [-0.4, -0.2) is 27.2 Å². The van der Waals surface area contributed by atoms with E-state index in [0.717, 1.165) is 11.3 Å². The number of furan rings is 1. The third-order valence-electron chi connectivity index (χ3n) is 3.43. The van der Waals surface area contributed by atoms with Gasteiger partial charge in [0.05, 0.1) is 5.69 Å². The number of aromatic carboxylic acids is 1. The minimum atomic E-state index is -1.25. The second-order valence-electron chi connectivity index (χ2n) is 4.82. The summed E-state index contributed by atoms with van der Waals surface area (Å²) in [6, 6.07) is 2.47. The number of H-pyrrole nitrogens is 1. The Balaban J connectivity index is 2.18. The number of rotatable bonds is 6. The van der Waals surface area contributed by atoms with Gasteiger partial charge in [0.25, 0.3) is 11.5 Å². The minimum Gasteiger partial charge on any atom is -0.475 e. The molecule has 8 nitrogen and oxygen atoms in total. The molecule has 122 valence electrons. The van der Waals surface area contributed by atoms with Crippen molar-refractivity contribution in [3.63, 3.8) is 0 Å². The van der Waals surface area contributed by atoms with Crippen LogP contribution in [-0.2, 0) is 19.4 Å². The number of hydrogen-bond acceptors (Lipinski definition) is 5. The van der Waals surface area contributed by atoms with Crippen LogP contribution in [0.3, 0.4) is 0 Å². The van der Waals surface area contributed by atoms with Gasteiger partial charge in [-0.3, -0.25) is 9.59 Å². The van der Waals surface area contributed by atoms with Crippen LogP contribution in [0.5, 0.6) is 0 Å². The summed E-state index contributed by atoms with van der Waals surface area (Å²) in [4.78, 5) is 34.7. The Hall–Kier alpha value is -2.90. The molecule has 2 aromatic heterocycles. The lowest BCUT2D eigenvalue weighted by Gasteiger charge is -2.10. The first-order chi connectivity index (χ1) is 11.0. The number of nitrogens with zero attached hydrogens (tertiary/aromatic N) is 1. The maximum atomic E-state index is 12.0. The summed E-state index contributed by atoms with van der Waals surface area (Å²) in [6.07, 6.45) is 1.29. The van der Waals surface area contributed by atoms with Gasteiger partial charge in [0.2, 0.25) is 5.76 Å². The van der Waals surface area contributed by atoms with Crippen LogP contribution in [0.2, 0.25) is 0 Å². The van der Waals surface area contributed by atoms with Crippen molar-refractivity contribution < 1.29 is 19.1 Å². The van der Waals surface area contributed by atoms with E-state index in [1.165, 1.54) is 12.1 Å². The van der Waals surface area contributed by atoms with Crippen molar-refractivity contribution in [1.29, 1.82) is 0 Å². The van der Waals surface area contributed by atoms with Gasteiger partial charge >= 0.3 is 5.97 Å². The second-order valence-corrected chi connectivity index (χ2v) is 4.82. The van der Waals surface area contributed by atoms with Crippen molar-refractivity contribution in [2.24, 2.45) is 0 Å². The van der Waals surface area contributed by atoms with Gasteiger partial charge in [-0.1, -0.05) is 13.8 Å². The smallest absolute Gasteiger partial charge is 0.371 e. The molecule has 0 aliphatic heterocycles. The van der Waals surface area contributed by atoms with E-state index in [0.29, 0.717) is 18.4 Å². The largest absolute Gasteiger partial charge is 0.475 e. The highest BCUT2D eigenvalue weighted by molar-refractivity contribution is 5.93. The first-order valence-corrected chi connectivity index (χ1v) is 7.18. The van der Waals surface area contributed by atoms with E-state index in [4.69, 9.17) is 9.52 Å². The molecular formula is C15H17N3O5. The second kappa shape index (κ2) is 6.91. The van der Waals surface area contributed by atoms with Crippen molar-refractivity contribution in [2.75, 3.05) is 0 Å². The summed E-state index contributed by atoms with van der Waals surface area (Å²) in [6.45, 7) is 3.85. The Labute approximate surface area is 131 Å². The summed E-state index contributed by atoms with van der Waals surface area (Å²) in [5.74, 6) is -2.29. The van der Waals surface area contributed by atoms with Gasteiger partial charge in [0.1, 0.15) is 0 Å². The molecular weight excluding hydrogens is 302 g/mol. The molecule has 1 amide bonds. The number of aromatic amines is 1. The quantitative estimate of drug-likeness (QED) is 0.732. The summed E-state index contributed by atoms with van der Waals surface area (Å²) >= 11 is 0. The van der Waals surface area contributed by atoms with Crippen LogP contribution < -0.4 is 10.9 Å². The number of carbonyl (C=O) groups is 2. The average Bonchev–Trinajstić information content (AvgIpc) is 3.03. The first-order valence-electron chi connectivity index (χ1n) is 7.18. The molecule has 0 fully saturated rings. The van der Waals surface area contributed by atoms with Crippen molar-refractivity contribution in [3.8, 4) is 0 Å². The number of aromatic nitrogens is 2. The molecule has 0 radical (unpaired) electrons. The maximum absolute atomic E-state index is 12.0. The Bertz CT molecular complexity index is 791. The number of carboxylic acids is 1. The van der Waals surface area contributed by atoms with Crippen LogP contribution in [0.15, 0.2) is 21.3 Å². The highest BCUT2D eigenvalue weighted by Crippen LogP contribution is 2.11. The average molecular weight is 319 g/mol. The first kappa shape index (κ1) is 16.5. The van der Waals surface area contributed by atoms with E-state index in [-0.39, 0.29) is 23.6 Å². The molecule has 0 aliphatic carbocycles. The Kier molecular flexibility index (Phi) is 4.95.